The summed E-state index contributed by atoms with van der Waals surface area (Å²) in [5.41, 5.74) is 5.26. The van der Waals surface area contributed by atoms with E-state index in [4.69, 9.17) is 16.3 Å². The van der Waals surface area contributed by atoms with Gasteiger partial charge in [0.2, 0.25) is 11.8 Å². The maximum Gasteiger partial charge on any atom is 0.244 e. The molecule has 0 aliphatic carbocycles. The molecule has 0 spiro atoms. The zero-order valence-corrected chi connectivity index (χ0v) is 16.3. The van der Waals surface area contributed by atoms with Crippen LogP contribution in [0.25, 0.3) is 0 Å². The normalized spacial score (nSPS) is 11.0. The van der Waals surface area contributed by atoms with Crippen LogP contribution in [-0.2, 0) is 16.0 Å². The quantitative estimate of drug-likeness (QED) is 0.561. The second-order valence-electron chi connectivity index (χ2n) is 6.04. The number of benzene rings is 2. The molecule has 2 aromatic carbocycles. The molecule has 0 saturated carbocycles. The van der Waals surface area contributed by atoms with E-state index in [1.807, 2.05) is 19.1 Å². The van der Waals surface area contributed by atoms with Crippen LogP contribution in [0.2, 0.25) is 5.02 Å². The van der Waals surface area contributed by atoms with Crippen molar-refractivity contribution in [3.63, 3.8) is 0 Å². The molecule has 0 aromatic heterocycles. The lowest BCUT2D eigenvalue weighted by molar-refractivity contribution is -0.120. The average Bonchev–Trinajstić information content (AvgIpc) is 2.64. The van der Waals surface area contributed by atoms with Crippen LogP contribution in [0.4, 0.5) is 5.69 Å². The van der Waals surface area contributed by atoms with Gasteiger partial charge in [0.05, 0.1) is 20.0 Å². The number of rotatable bonds is 7. The maximum absolute atomic E-state index is 12.1. The molecule has 0 heterocycles. The van der Waals surface area contributed by atoms with Crippen molar-refractivity contribution in [2.24, 2.45) is 5.10 Å². The van der Waals surface area contributed by atoms with Gasteiger partial charge in [0, 0.05) is 16.4 Å². The Balaban J connectivity index is 1.84. The van der Waals surface area contributed by atoms with Crippen molar-refractivity contribution in [2.75, 3.05) is 12.4 Å². The van der Waals surface area contributed by atoms with E-state index < -0.39 is 0 Å². The smallest absolute Gasteiger partial charge is 0.244 e. The molecule has 142 valence electrons. The van der Waals surface area contributed by atoms with Gasteiger partial charge < -0.3 is 10.1 Å². The summed E-state index contributed by atoms with van der Waals surface area (Å²) in [6.45, 7) is 3.51. The largest absolute Gasteiger partial charge is 0.497 e. The van der Waals surface area contributed by atoms with Crippen LogP contribution in [0.1, 0.15) is 24.5 Å². The van der Waals surface area contributed by atoms with Gasteiger partial charge in [0.15, 0.2) is 0 Å². The summed E-state index contributed by atoms with van der Waals surface area (Å²) in [6.07, 6.45) is 0.253. The summed E-state index contributed by atoms with van der Waals surface area (Å²) >= 11 is 6.04. The zero-order valence-electron chi connectivity index (χ0n) is 15.5. The molecule has 0 fully saturated rings. The van der Waals surface area contributed by atoms with Crippen molar-refractivity contribution >= 4 is 34.8 Å². The van der Waals surface area contributed by atoms with Crippen molar-refractivity contribution < 1.29 is 14.3 Å². The third-order valence-corrected chi connectivity index (χ3v) is 4.26. The van der Waals surface area contributed by atoms with Crippen molar-refractivity contribution in [2.45, 2.75) is 26.7 Å². The number of ether oxygens (including phenoxy) is 1. The fourth-order valence-electron chi connectivity index (χ4n) is 2.34. The average molecular weight is 388 g/mol. The molecule has 0 aliphatic heterocycles. The van der Waals surface area contributed by atoms with Crippen LogP contribution in [0.3, 0.4) is 0 Å². The Morgan fingerprint density at radius 2 is 1.81 bits per heavy atom. The van der Waals surface area contributed by atoms with Gasteiger partial charge in [-0.1, -0.05) is 29.8 Å². The van der Waals surface area contributed by atoms with E-state index >= 15 is 0 Å². The Labute approximate surface area is 163 Å². The van der Waals surface area contributed by atoms with Crippen LogP contribution >= 0.6 is 11.6 Å². The van der Waals surface area contributed by atoms with E-state index in [1.165, 1.54) is 0 Å². The number of nitrogens with zero attached hydrogens (tertiary/aromatic N) is 1. The number of anilines is 1. The number of carbonyl (C=O) groups is 2. The van der Waals surface area contributed by atoms with Crippen LogP contribution < -0.4 is 15.5 Å². The van der Waals surface area contributed by atoms with Crippen LogP contribution in [0.5, 0.6) is 5.75 Å². The van der Waals surface area contributed by atoms with E-state index in [9.17, 15) is 9.59 Å². The molecule has 6 nitrogen and oxygen atoms in total. The van der Waals surface area contributed by atoms with Crippen LogP contribution in [0, 0.1) is 6.92 Å². The first-order valence-electron chi connectivity index (χ1n) is 8.39. The van der Waals surface area contributed by atoms with Crippen molar-refractivity contribution in [1.29, 1.82) is 0 Å². The number of amides is 2. The number of hydrogen-bond donors (Lipinski definition) is 2. The first kappa shape index (κ1) is 20.5. The number of hydrogen-bond acceptors (Lipinski definition) is 4. The lowest BCUT2D eigenvalue weighted by atomic mass is 10.1. The molecular weight excluding hydrogens is 366 g/mol. The van der Waals surface area contributed by atoms with Gasteiger partial charge in [-0.3, -0.25) is 9.59 Å². The molecule has 0 unspecified atom stereocenters. The predicted molar refractivity (Wildman–Crippen MR) is 107 cm³/mol. The highest BCUT2D eigenvalue weighted by atomic mass is 35.5. The summed E-state index contributed by atoms with van der Waals surface area (Å²) < 4.78 is 5.08. The summed E-state index contributed by atoms with van der Waals surface area (Å²) in [5.74, 6) is 0.241. The van der Waals surface area contributed by atoms with Crippen LogP contribution in [-0.4, -0.2) is 24.6 Å². The standard InChI is InChI=1S/C20H22ClN3O3/c1-13(11-19(25)22-18-6-4-5-17(21)14(18)2)23-24-20(26)12-15-7-9-16(27-3)10-8-15/h4-10H,11-12H2,1-3H3,(H,22,25)(H,24,26)/b23-13+. The molecule has 2 rings (SSSR count). The topological polar surface area (TPSA) is 79.8 Å². The first-order chi connectivity index (χ1) is 12.9. The van der Waals surface area contributed by atoms with E-state index in [1.54, 1.807) is 44.4 Å². The molecule has 27 heavy (non-hydrogen) atoms. The fraction of sp³-hybridized carbons (Fsp3) is 0.250. The Bertz CT molecular complexity index is 848. The fourth-order valence-corrected chi connectivity index (χ4v) is 2.51. The minimum absolute atomic E-state index is 0.0643. The Kier molecular flexibility index (Phi) is 7.37. The monoisotopic (exact) mass is 387 g/mol. The summed E-state index contributed by atoms with van der Waals surface area (Å²) in [5, 5.41) is 7.36. The molecule has 7 heteroatoms. The van der Waals surface area contributed by atoms with Gasteiger partial charge in [-0.15, -0.1) is 0 Å². The highest BCUT2D eigenvalue weighted by Gasteiger charge is 2.09. The molecular formula is C20H22ClN3O3. The summed E-state index contributed by atoms with van der Waals surface area (Å²) in [4.78, 5) is 24.1. The Morgan fingerprint density at radius 1 is 1.11 bits per heavy atom. The molecule has 0 bridgehead atoms. The van der Waals surface area contributed by atoms with E-state index in [0.717, 1.165) is 16.9 Å². The van der Waals surface area contributed by atoms with Gasteiger partial charge in [-0.2, -0.15) is 5.10 Å². The number of hydrazone groups is 1. The van der Waals surface area contributed by atoms with Crippen molar-refractivity contribution in [3.05, 3.63) is 58.6 Å². The number of nitrogens with one attached hydrogen (secondary N) is 2. The van der Waals surface area contributed by atoms with Gasteiger partial charge >= 0.3 is 0 Å². The SMILES string of the molecule is COc1ccc(CC(=O)N/N=C(\C)CC(=O)Nc2cccc(Cl)c2C)cc1. The van der Waals surface area contributed by atoms with Gasteiger partial charge in [-0.25, -0.2) is 5.43 Å². The highest BCUT2D eigenvalue weighted by molar-refractivity contribution is 6.31. The molecule has 0 atom stereocenters. The van der Waals surface area contributed by atoms with Crippen molar-refractivity contribution in [1.82, 2.24) is 5.43 Å². The first-order valence-corrected chi connectivity index (χ1v) is 8.76. The number of carbonyl (C=O) groups excluding carboxylic acids is 2. The predicted octanol–water partition coefficient (Wildman–Crippen LogP) is 3.72. The maximum atomic E-state index is 12.1. The Hall–Kier alpha value is -2.86. The molecule has 2 aromatic rings. The van der Waals surface area contributed by atoms with Crippen LogP contribution in [0.15, 0.2) is 47.6 Å². The van der Waals surface area contributed by atoms with E-state index in [0.29, 0.717) is 16.4 Å². The van der Waals surface area contributed by atoms with Gasteiger partial charge in [0.1, 0.15) is 5.75 Å². The number of methoxy groups -OCH3 is 1. The van der Waals surface area contributed by atoms with E-state index in [2.05, 4.69) is 15.8 Å². The molecule has 0 aliphatic rings. The molecule has 0 saturated heterocycles. The van der Waals surface area contributed by atoms with Crippen molar-refractivity contribution in [3.8, 4) is 5.75 Å². The molecule has 0 radical (unpaired) electrons. The molecule has 2 N–H and O–H groups in total. The summed E-state index contributed by atoms with van der Waals surface area (Å²) in [7, 11) is 1.59. The second-order valence-corrected chi connectivity index (χ2v) is 6.45. The lowest BCUT2D eigenvalue weighted by Gasteiger charge is -2.09. The minimum Gasteiger partial charge on any atom is -0.497 e. The zero-order chi connectivity index (χ0) is 19.8. The third kappa shape index (κ3) is 6.42. The van der Waals surface area contributed by atoms with Gasteiger partial charge in [-0.05, 0) is 49.2 Å². The van der Waals surface area contributed by atoms with Gasteiger partial charge in [0.25, 0.3) is 0 Å². The Morgan fingerprint density at radius 3 is 2.48 bits per heavy atom. The second kappa shape index (κ2) is 9.73. The number of halogens is 1. The molecule has 2 amide bonds. The van der Waals surface area contributed by atoms with E-state index in [-0.39, 0.29) is 24.7 Å². The lowest BCUT2D eigenvalue weighted by Crippen LogP contribution is -2.23. The highest BCUT2D eigenvalue weighted by Crippen LogP contribution is 2.23. The third-order valence-electron chi connectivity index (χ3n) is 3.85. The minimum atomic E-state index is -0.259. The summed E-state index contributed by atoms with van der Waals surface area (Å²) in [6, 6.07) is 12.5.